The van der Waals surface area contributed by atoms with Gasteiger partial charge in [-0.15, -0.1) is 0 Å². The van der Waals surface area contributed by atoms with Gasteiger partial charge < -0.3 is 15.8 Å². The summed E-state index contributed by atoms with van der Waals surface area (Å²) in [6.07, 6.45) is 1.13. The molecule has 0 aliphatic carbocycles. The van der Waals surface area contributed by atoms with Crippen molar-refractivity contribution in [1.29, 1.82) is 0 Å². The van der Waals surface area contributed by atoms with E-state index in [0.717, 1.165) is 12.1 Å². The Bertz CT molecular complexity index is 1090. The smallest absolute Gasteiger partial charge is 0.325 e. The molecule has 0 spiro atoms. The number of carbonyl (C=O) groups is 2. The molecule has 4 N–H and O–H groups in total. The molecule has 0 radical (unpaired) electrons. The van der Waals surface area contributed by atoms with Crippen molar-refractivity contribution in [3.8, 4) is 11.5 Å². The number of pyridine rings is 1. The quantitative estimate of drug-likeness (QED) is 0.587. The summed E-state index contributed by atoms with van der Waals surface area (Å²) in [4.78, 5) is 27.5. The number of nitrogens with one attached hydrogen (secondary N) is 2. The van der Waals surface area contributed by atoms with Crippen LogP contribution < -0.4 is 21.1 Å². The number of aromatic nitrogens is 1. The fourth-order valence-corrected chi connectivity index (χ4v) is 2.44. The van der Waals surface area contributed by atoms with Gasteiger partial charge in [-0.1, -0.05) is 12.1 Å². The first-order valence-corrected chi connectivity index (χ1v) is 8.54. The number of carbonyl (C=O) groups excluding carboxylic acids is 2. The number of ether oxygens (including phenoxy) is 1. The number of amides is 3. The molecule has 3 amide bonds. The molecule has 1 heterocycles. The molecule has 0 aliphatic rings. The average molecular weight is 416 g/mol. The minimum Gasteiger partial charge on any atom is -0.454 e. The molecular weight excluding hydrogens is 401 g/mol. The van der Waals surface area contributed by atoms with E-state index in [9.17, 15) is 22.8 Å². The fraction of sp³-hybridized carbons (Fsp3) is 0.0500. The lowest BCUT2D eigenvalue weighted by Crippen LogP contribution is -2.35. The van der Waals surface area contributed by atoms with Gasteiger partial charge in [-0.3, -0.25) is 10.1 Å². The lowest BCUT2D eigenvalue weighted by atomic mass is 10.1. The van der Waals surface area contributed by atoms with Gasteiger partial charge in [0.25, 0.3) is 0 Å². The van der Waals surface area contributed by atoms with Gasteiger partial charge in [0.1, 0.15) is 17.4 Å². The SMILES string of the molecule is Nc1cc(Oc2ccc(NC(=O)NC(=O)Cc3ccc(F)cc3)c(F)c2F)ccn1. The van der Waals surface area contributed by atoms with E-state index in [0.29, 0.717) is 5.56 Å². The van der Waals surface area contributed by atoms with Gasteiger partial charge in [0.2, 0.25) is 11.7 Å². The highest BCUT2D eigenvalue weighted by atomic mass is 19.2. The molecule has 154 valence electrons. The van der Waals surface area contributed by atoms with Crippen molar-refractivity contribution >= 4 is 23.4 Å². The molecule has 0 unspecified atom stereocenters. The van der Waals surface area contributed by atoms with Crippen LogP contribution in [-0.2, 0) is 11.2 Å². The monoisotopic (exact) mass is 416 g/mol. The van der Waals surface area contributed by atoms with Gasteiger partial charge in [-0.25, -0.2) is 18.6 Å². The van der Waals surface area contributed by atoms with E-state index in [1.165, 1.54) is 42.6 Å². The summed E-state index contributed by atoms with van der Waals surface area (Å²) in [6.45, 7) is 0. The topological polar surface area (TPSA) is 106 Å². The number of nitrogens with zero attached hydrogens (tertiary/aromatic N) is 1. The number of benzene rings is 2. The highest BCUT2D eigenvalue weighted by Gasteiger charge is 2.18. The average Bonchev–Trinajstić information content (AvgIpc) is 2.69. The van der Waals surface area contributed by atoms with Crippen LogP contribution in [0, 0.1) is 17.5 Å². The lowest BCUT2D eigenvalue weighted by molar-refractivity contribution is -0.119. The predicted octanol–water partition coefficient (Wildman–Crippen LogP) is 3.76. The maximum absolute atomic E-state index is 14.3. The highest BCUT2D eigenvalue weighted by Crippen LogP contribution is 2.30. The number of nitrogen functional groups attached to an aromatic ring is 1. The van der Waals surface area contributed by atoms with Crippen molar-refractivity contribution in [2.24, 2.45) is 0 Å². The van der Waals surface area contributed by atoms with Crippen LogP contribution in [-0.4, -0.2) is 16.9 Å². The molecule has 3 aromatic rings. The van der Waals surface area contributed by atoms with Crippen LogP contribution in [0.5, 0.6) is 11.5 Å². The standard InChI is InChI=1S/C20H15F3N4O3/c21-12-3-1-11(2-4-12)9-17(28)27-20(29)26-14-5-6-15(19(23)18(14)22)30-13-7-8-25-16(24)10-13/h1-8,10H,9H2,(H2,24,25)(H2,26,27,28,29). The Morgan fingerprint density at radius 1 is 1.00 bits per heavy atom. The number of urea groups is 1. The molecule has 0 atom stereocenters. The molecule has 3 rings (SSSR count). The molecule has 0 fully saturated rings. The zero-order valence-electron chi connectivity index (χ0n) is 15.3. The number of anilines is 2. The van der Waals surface area contributed by atoms with Crippen LogP contribution in [0.25, 0.3) is 0 Å². The second-order valence-electron chi connectivity index (χ2n) is 6.06. The second-order valence-corrected chi connectivity index (χ2v) is 6.06. The van der Waals surface area contributed by atoms with Gasteiger partial charge >= 0.3 is 6.03 Å². The molecule has 0 aliphatic heterocycles. The molecule has 0 saturated carbocycles. The van der Waals surface area contributed by atoms with Gasteiger partial charge in [-0.05, 0) is 35.9 Å². The number of rotatable bonds is 5. The van der Waals surface area contributed by atoms with E-state index in [-0.39, 0.29) is 18.0 Å². The van der Waals surface area contributed by atoms with Crippen LogP contribution in [0.15, 0.2) is 54.7 Å². The van der Waals surface area contributed by atoms with E-state index < -0.39 is 40.8 Å². The Morgan fingerprint density at radius 3 is 2.43 bits per heavy atom. The summed E-state index contributed by atoms with van der Waals surface area (Å²) in [5.41, 5.74) is 5.47. The van der Waals surface area contributed by atoms with Crippen molar-refractivity contribution in [1.82, 2.24) is 10.3 Å². The number of hydrogen-bond donors (Lipinski definition) is 3. The van der Waals surface area contributed by atoms with E-state index in [1.807, 2.05) is 10.6 Å². The number of nitrogens with two attached hydrogens (primary N) is 1. The molecule has 7 nitrogen and oxygen atoms in total. The van der Waals surface area contributed by atoms with Crippen molar-refractivity contribution < 1.29 is 27.5 Å². The normalized spacial score (nSPS) is 10.4. The maximum atomic E-state index is 14.3. The largest absolute Gasteiger partial charge is 0.454 e. The van der Waals surface area contributed by atoms with Gasteiger partial charge in [-0.2, -0.15) is 4.39 Å². The number of imide groups is 1. The van der Waals surface area contributed by atoms with Gasteiger partial charge in [0.05, 0.1) is 12.1 Å². The van der Waals surface area contributed by atoms with Crippen LogP contribution in [0.2, 0.25) is 0 Å². The van der Waals surface area contributed by atoms with Crippen LogP contribution >= 0.6 is 0 Å². The Morgan fingerprint density at radius 2 is 1.73 bits per heavy atom. The van der Waals surface area contributed by atoms with Crippen molar-refractivity contribution in [2.45, 2.75) is 6.42 Å². The Hall–Kier alpha value is -4.08. The third kappa shape index (κ3) is 5.25. The molecular formula is C20H15F3N4O3. The first-order chi connectivity index (χ1) is 14.3. The number of hydrogen-bond acceptors (Lipinski definition) is 5. The predicted molar refractivity (Wildman–Crippen MR) is 102 cm³/mol. The Labute approximate surface area is 168 Å². The molecule has 30 heavy (non-hydrogen) atoms. The molecule has 0 saturated heterocycles. The summed E-state index contributed by atoms with van der Waals surface area (Å²) in [7, 11) is 0. The molecule has 10 heteroatoms. The van der Waals surface area contributed by atoms with Crippen LogP contribution in [0.1, 0.15) is 5.56 Å². The molecule has 1 aromatic heterocycles. The molecule has 0 bridgehead atoms. The van der Waals surface area contributed by atoms with E-state index >= 15 is 0 Å². The van der Waals surface area contributed by atoms with Gasteiger partial charge in [0.15, 0.2) is 11.6 Å². The minimum atomic E-state index is -1.38. The van der Waals surface area contributed by atoms with Crippen molar-refractivity contribution in [2.75, 3.05) is 11.1 Å². The van der Waals surface area contributed by atoms with E-state index in [4.69, 9.17) is 10.5 Å². The van der Waals surface area contributed by atoms with E-state index in [1.54, 1.807) is 0 Å². The number of halogens is 3. The Balaban J connectivity index is 1.63. The summed E-state index contributed by atoms with van der Waals surface area (Å²) < 4.78 is 46.6. The summed E-state index contributed by atoms with van der Waals surface area (Å²) >= 11 is 0. The van der Waals surface area contributed by atoms with Crippen molar-refractivity contribution in [3.63, 3.8) is 0 Å². The van der Waals surface area contributed by atoms with Crippen LogP contribution in [0.4, 0.5) is 29.5 Å². The third-order valence-electron chi connectivity index (χ3n) is 3.81. The van der Waals surface area contributed by atoms with Gasteiger partial charge in [0, 0.05) is 12.3 Å². The van der Waals surface area contributed by atoms with E-state index in [2.05, 4.69) is 4.98 Å². The molecule has 2 aromatic carbocycles. The Kier molecular flexibility index (Phi) is 6.16. The minimum absolute atomic E-state index is 0.133. The van der Waals surface area contributed by atoms with Crippen molar-refractivity contribution in [3.05, 3.63) is 77.7 Å². The maximum Gasteiger partial charge on any atom is 0.325 e. The fourth-order valence-electron chi connectivity index (χ4n) is 2.44. The first-order valence-electron chi connectivity index (χ1n) is 8.54. The third-order valence-corrected chi connectivity index (χ3v) is 3.81. The summed E-state index contributed by atoms with van der Waals surface area (Å²) in [6, 6.07) is 8.96. The van der Waals surface area contributed by atoms with Crippen LogP contribution in [0.3, 0.4) is 0 Å². The highest BCUT2D eigenvalue weighted by molar-refractivity contribution is 6.01. The summed E-state index contributed by atoms with van der Waals surface area (Å²) in [5, 5.41) is 4.02. The second kappa shape index (κ2) is 8.95. The summed E-state index contributed by atoms with van der Waals surface area (Å²) in [5.74, 6) is -4.06. The zero-order chi connectivity index (χ0) is 21.7. The zero-order valence-corrected chi connectivity index (χ0v) is 15.3. The first kappa shape index (κ1) is 20.6. The lowest BCUT2D eigenvalue weighted by Gasteiger charge is -2.11.